The fraction of sp³-hybridized carbons (Fsp3) is 0.750. The van der Waals surface area contributed by atoms with Crippen LogP contribution in [0.5, 0.6) is 0 Å². The van der Waals surface area contributed by atoms with Gasteiger partial charge in [0.25, 0.3) is 0 Å². The summed E-state index contributed by atoms with van der Waals surface area (Å²) in [6.07, 6.45) is 0. The summed E-state index contributed by atoms with van der Waals surface area (Å²) in [5, 5.41) is 2.48. The van der Waals surface area contributed by atoms with Crippen LogP contribution in [0.25, 0.3) is 0 Å². The number of ether oxygens (including phenoxy) is 1. The van der Waals surface area contributed by atoms with E-state index in [4.69, 9.17) is 1.37 Å². The van der Waals surface area contributed by atoms with E-state index in [1.807, 2.05) is 0 Å². The second-order valence-corrected chi connectivity index (χ2v) is 1.28. The van der Waals surface area contributed by atoms with Crippen LogP contribution in [0.3, 0.4) is 0 Å². The van der Waals surface area contributed by atoms with Crippen molar-refractivity contribution in [2.45, 2.75) is 0 Å². The lowest BCUT2D eigenvalue weighted by Gasteiger charge is -2.10. The summed E-state index contributed by atoms with van der Waals surface area (Å²) in [7, 11) is 0. The second-order valence-electron chi connectivity index (χ2n) is 1.28. The number of carbonyl (C=O) groups is 1. The number of amides is 1. The summed E-state index contributed by atoms with van der Waals surface area (Å²) < 4.78 is 11.5. The van der Waals surface area contributed by atoms with Crippen LogP contribution >= 0.6 is 0 Å². The third-order valence-electron chi connectivity index (χ3n) is 0.710. The number of morpholine rings is 1. The van der Waals surface area contributed by atoms with Gasteiger partial charge in [-0.3, -0.25) is 4.79 Å². The van der Waals surface area contributed by atoms with Gasteiger partial charge in [0, 0.05) is 6.54 Å². The Labute approximate surface area is 43.1 Å². The molecule has 0 aromatic heterocycles. The van der Waals surface area contributed by atoms with E-state index in [-0.39, 0.29) is 5.91 Å². The van der Waals surface area contributed by atoms with Gasteiger partial charge in [0.1, 0.15) is 6.58 Å². The monoisotopic (exact) mass is 102 g/mol. The van der Waals surface area contributed by atoms with E-state index in [9.17, 15) is 4.79 Å². The Bertz CT molecular complexity index is 106. The number of hydrogen-bond donors (Lipinski definition) is 1. The maximum absolute atomic E-state index is 10.4. The molecule has 0 spiro atoms. The topological polar surface area (TPSA) is 38.3 Å². The van der Waals surface area contributed by atoms with E-state index in [0.29, 0.717) is 13.2 Å². The predicted octanol–water partition coefficient (Wildman–Crippen LogP) is -0.867. The van der Waals surface area contributed by atoms with E-state index in [1.54, 1.807) is 0 Å². The molecule has 1 unspecified atom stereocenters. The molecule has 0 bridgehead atoms. The molecule has 1 saturated heterocycles. The fourth-order valence-corrected chi connectivity index (χ4v) is 0.409. The molecule has 0 aliphatic carbocycles. The molecule has 0 saturated carbocycles. The summed E-state index contributed by atoms with van der Waals surface area (Å²) in [5.74, 6) is -0.337. The molecule has 7 heavy (non-hydrogen) atoms. The molecule has 1 rings (SSSR count). The van der Waals surface area contributed by atoms with Gasteiger partial charge in [0.15, 0.2) is 0 Å². The van der Waals surface area contributed by atoms with Crippen molar-refractivity contribution in [3.8, 4) is 0 Å². The summed E-state index contributed by atoms with van der Waals surface area (Å²) in [4.78, 5) is 10.4. The molecule has 1 atom stereocenters. The van der Waals surface area contributed by atoms with Crippen molar-refractivity contribution in [2.75, 3.05) is 19.7 Å². The molecule has 1 aliphatic rings. The molecule has 1 N–H and O–H groups in total. The quantitative estimate of drug-likeness (QED) is 0.432. The summed E-state index contributed by atoms with van der Waals surface area (Å²) in [6.45, 7) is -0.00236. The lowest BCUT2D eigenvalue weighted by Crippen LogP contribution is -2.36. The molecular formula is C4H7NO2. The first-order valence-corrected chi connectivity index (χ1v) is 2.12. The highest BCUT2D eigenvalue weighted by Crippen LogP contribution is 1.79. The van der Waals surface area contributed by atoms with E-state index < -0.39 is 6.58 Å². The molecule has 3 nitrogen and oxygen atoms in total. The lowest BCUT2D eigenvalue weighted by molar-refractivity contribution is -0.128. The molecule has 1 amide bonds. The fourth-order valence-electron chi connectivity index (χ4n) is 0.409. The minimum Gasteiger partial charge on any atom is -0.370 e. The van der Waals surface area contributed by atoms with Crippen molar-refractivity contribution in [1.29, 1.82) is 0 Å². The van der Waals surface area contributed by atoms with E-state index in [1.165, 1.54) is 0 Å². The van der Waals surface area contributed by atoms with Crippen molar-refractivity contribution in [3.63, 3.8) is 0 Å². The average Bonchev–Trinajstić information content (AvgIpc) is 1.77. The molecule has 0 radical (unpaired) electrons. The SMILES string of the molecule is [2H]C1OCCNC1=O. The van der Waals surface area contributed by atoms with Gasteiger partial charge < -0.3 is 10.1 Å². The standard InChI is InChI=1S/C4H7NO2/c6-4-3-7-2-1-5-4/h1-3H2,(H,5,6)/i3D. The highest BCUT2D eigenvalue weighted by molar-refractivity contribution is 5.77. The number of carbonyl (C=O) groups excluding carboxylic acids is 1. The molecule has 0 aromatic rings. The van der Waals surface area contributed by atoms with Crippen LogP contribution < -0.4 is 5.32 Å². The predicted molar refractivity (Wildman–Crippen MR) is 23.8 cm³/mol. The first-order valence-electron chi connectivity index (χ1n) is 2.70. The van der Waals surface area contributed by atoms with Gasteiger partial charge in [0.2, 0.25) is 5.91 Å². The van der Waals surface area contributed by atoms with Gasteiger partial charge in [-0.2, -0.15) is 0 Å². The first-order chi connectivity index (χ1) is 3.80. The van der Waals surface area contributed by atoms with Gasteiger partial charge in [-0.15, -0.1) is 0 Å². The van der Waals surface area contributed by atoms with E-state index in [2.05, 4.69) is 10.1 Å². The minimum absolute atomic E-state index is 0.337. The van der Waals surface area contributed by atoms with Gasteiger partial charge in [0.05, 0.1) is 7.98 Å². The third-order valence-corrected chi connectivity index (χ3v) is 0.710. The van der Waals surface area contributed by atoms with Crippen molar-refractivity contribution in [1.82, 2.24) is 5.32 Å². The molecule has 1 fully saturated rings. The summed E-state index contributed by atoms with van der Waals surface area (Å²) in [6, 6.07) is 0. The van der Waals surface area contributed by atoms with Crippen molar-refractivity contribution in [3.05, 3.63) is 0 Å². The largest absolute Gasteiger partial charge is 0.370 e. The van der Waals surface area contributed by atoms with Gasteiger partial charge in [-0.1, -0.05) is 0 Å². The van der Waals surface area contributed by atoms with Crippen molar-refractivity contribution >= 4 is 5.91 Å². The third kappa shape index (κ3) is 1.16. The maximum atomic E-state index is 10.4. The molecule has 1 heterocycles. The highest BCUT2D eigenvalue weighted by atomic mass is 16.5. The molecule has 3 heteroatoms. The van der Waals surface area contributed by atoms with Crippen LogP contribution in [-0.4, -0.2) is 25.6 Å². The van der Waals surface area contributed by atoms with Crippen LogP contribution in [0.4, 0.5) is 0 Å². The minimum atomic E-state index is -0.997. The molecular weight excluding hydrogens is 94.0 g/mol. The Kier molecular flexibility index (Phi) is 0.947. The van der Waals surface area contributed by atoms with E-state index in [0.717, 1.165) is 0 Å². The zero-order chi connectivity index (χ0) is 5.98. The lowest BCUT2D eigenvalue weighted by atomic mass is 10.5. The summed E-state index contributed by atoms with van der Waals surface area (Å²) in [5.41, 5.74) is 0. The van der Waals surface area contributed by atoms with Crippen LogP contribution in [0.2, 0.25) is 0 Å². The average molecular weight is 102 g/mol. The Morgan fingerprint density at radius 2 is 2.86 bits per heavy atom. The van der Waals surface area contributed by atoms with Crippen molar-refractivity contribution in [2.24, 2.45) is 0 Å². The Balaban J connectivity index is 2.39. The zero-order valence-corrected chi connectivity index (χ0v) is 3.81. The van der Waals surface area contributed by atoms with Gasteiger partial charge in [-0.05, 0) is 0 Å². The molecule has 0 aromatic carbocycles. The summed E-state index contributed by atoms with van der Waals surface area (Å²) >= 11 is 0. The zero-order valence-electron chi connectivity index (χ0n) is 4.81. The van der Waals surface area contributed by atoms with Crippen LogP contribution in [-0.2, 0) is 9.53 Å². The van der Waals surface area contributed by atoms with Crippen molar-refractivity contribution < 1.29 is 10.9 Å². The Morgan fingerprint density at radius 1 is 2.00 bits per heavy atom. The molecule has 40 valence electrons. The Morgan fingerprint density at radius 3 is 3.29 bits per heavy atom. The number of hydrogen-bond acceptors (Lipinski definition) is 2. The highest BCUT2D eigenvalue weighted by Gasteiger charge is 2.04. The van der Waals surface area contributed by atoms with Crippen LogP contribution in [0.15, 0.2) is 0 Å². The first kappa shape index (κ1) is 3.43. The Hall–Kier alpha value is -0.570. The van der Waals surface area contributed by atoms with Crippen LogP contribution in [0, 0.1) is 0 Å². The maximum Gasteiger partial charge on any atom is 0.246 e. The smallest absolute Gasteiger partial charge is 0.246 e. The van der Waals surface area contributed by atoms with Gasteiger partial charge in [-0.25, -0.2) is 0 Å². The normalized spacial score (nSPS) is 34.0. The number of nitrogens with one attached hydrogen (secondary N) is 1. The van der Waals surface area contributed by atoms with E-state index >= 15 is 0 Å². The molecule has 1 aliphatic heterocycles. The van der Waals surface area contributed by atoms with Gasteiger partial charge >= 0.3 is 0 Å². The van der Waals surface area contributed by atoms with Crippen LogP contribution in [0.1, 0.15) is 1.37 Å². The number of rotatable bonds is 0. The second kappa shape index (κ2) is 1.93.